The molecule has 0 bridgehead atoms. The molecule has 1 aromatic heterocycles. The number of carbonyl (C=O) groups excluding carboxylic acids is 1. The van der Waals surface area contributed by atoms with E-state index >= 15 is 0 Å². The highest BCUT2D eigenvalue weighted by Gasteiger charge is 2.26. The number of hydrogen-bond acceptors (Lipinski definition) is 5. The number of hydrogen-bond donors (Lipinski definition) is 1. The second kappa shape index (κ2) is 8.66. The van der Waals surface area contributed by atoms with Crippen LogP contribution in [-0.2, 0) is 10.0 Å². The van der Waals surface area contributed by atoms with Gasteiger partial charge in [0, 0.05) is 18.8 Å². The van der Waals surface area contributed by atoms with Gasteiger partial charge in [0.15, 0.2) is 0 Å². The van der Waals surface area contributed by atoms with Crippen LogP contribution in [-0.4, -0.2) is 38.3 Å². The van der Waals surface area contributed by atoms with Gasteiger partial charge in [-0.2, -0.15) is 4.31 Å². The van der Waals surface area contributed by atoms with Crippen LogP contribution in [0.1, 0.15) is 36.0 Å². The first-order chi connectivity index (χ1) is 12.3. The Morgan fingerprint density at radius 3 is 2.42 bits per heavy atom. The van der Waals surface area contributed by atoms with Crippen LogP contribution in [0.4, 0.5) is 5.69 Å². The molecule has 1 aromatic carbocycles. The molecular formula is C18H24N2O4S2. The Bertz CT molecular complexity index is 871. The van der Waals surface area contributed by atoms with Crippen molar-refractivity contribution < 1.29 is 17.9 Å². The maximum Gasteiger partial charge on any atom is 0.265 e. The van der Waals surface area contributed by atoms with Crippen molar-refractivity contribution in [2.75, 3.05) is 25.0 Å². The van der Waals surface area contributed by atoms with E-state index in [1.165, 1.54) is 21.7 Å². The van der Waals surface area contributed by atoms with Gasteiger partial charge in [-0.1, -0.05) is 13.8 Å². The van der Waals surface area contributed by atoms with Gasteiger partial charge >= 0.3 is 0 Å². The Morgan fingerprint density at radius 1 is 1.19 bits per heavy atom. The molecule has 0 aliphatic rings. The standard InChI is InChI=1S/C18H24N2O4S2/c1-5-20(6-2)26(22,23)16-12-14(8-9-15(16)24-7-3)19-18(21)17-13(4)10-11-25-17/h8-12H,5-7H2,1-4H3,(H,19,21). The van der Waals surface area contributed by atoms with E-state index in [2.05, 4.69) is 5.32 Å². The van der Waals surface area contributed by atoms with Gasteiger partial charge < -0.3 is 10.1 Å². The van der Waals surface area contributed by atoms with Gasteiger partial charge in [0.05, 0.1) is 11.5 Å². The van der Waals surface area contributed by atoms with Crippen molar-refractivity contribution in [2.45, 2.75) is 32.6 Å². The number of thiophene rings is 1. The highest BCUT2D eigenvalue weighted by molar-refractivity contribution is 7.89. The summed E-state index contributed by atoms with van der Waals surface area (Å²) in [4.78, 5) is 13.1. The number of nitrogens with zero attached hydrogens (tertiary/aromatic N) is 1. The number of ether oxygens (including phenoxy) is 1. The molecule has 0 aliphatic carbocycles. The number of sulfonamides is 1. The highest BCUT2D eigenvalue weighted by Crippen LogP contribution is 2.30. The normalized spacial score (nSPS) is 11.6. The number of anilines is 1. The molecule has 1 heterocycles. The molecule has 0 saturated carbocycles. The molecule has 0 unspecified atom stereocenters. The van der Waals surface area contributed by atoms with Crippen LogP contribution in [0, 0.1) is 6.92 Å². The number of aryl methyl sites for hydroxylation is 1. The number of carbonyl (C=O) groups is 1. The third kappa shape index (κ3) is 4.25. The van der Waals surface area contributed by atoms with Gasteiger partial charge in [-0.3, -0.25) is 4.79 Å². The lowest BCUT2D eigenvalue weighted by atomic mass is 10.2. The fourth-order valence-electron chi connectivity index (χ4n) is 2.56. The molecule has 1 N–H and O–H groups in total. The summed E-state index contributed by atoms with van der Waals surface area (Å²) < 4.78 is 32.8. The number of amides is 1. The second-order valence-corrected chi connectivity index (χ2v) is 8.39. The van der Waals surface area contributed by atoms with Crippen LogP contribution in [0.5, 0.6) is 5.75 Å². The van der Waals surface area contributed by atoms with Gasteiger partial charge in [0.2, 0.25) is 10.0 Å². The summed E-state index contributed by atoms with van der Waals surface area (Å²) in [6.07, 6.45) is 0. The summed E-state index contributed by atoms with van der Waals surface area (Å²) in [6.45, 7) is 8.29. The molecule has 2 rings (SSSR count). The van der Waals surface area contributed by atoms with Crippen LogP contribution >= 0.6 is 11.3 Å². The Morgan fingerprint density at radius 2 is 1.88 bits per heavy atom. The minimum atomic E-state index is -3.71. The van der Waals surface area contributed by atoms with E-state index in [-0.39, 0.29) is 16.6 Å². The van der Waals surface area contributed by atoms with Crippen LogP contribution in [0.3, 0.4) is 0 Å². The second-order valence-electron chi connectivity index (χ2n) is 5.57. The topological polar surface area (TPSA) is 75.7 Å². The van der Waals surface area contributed by atoms with E-state index in [9.17, 15) is 13.2 Å². The van der Waals surface area contributed by atoms with Crippen molar-refractivity contribution in [3.8, 4) is 5.75 Å². The first-order valence-electron chi connectivity index (χ1n) is 8.47. The Labute approximate surface area is 158 Å². The maximum atomic E-state index is 12.9. The summed E-state index contributed by atoms with van der Waals surface area (Å²) in [5.41, 5.74) is 1.30. The van der Waals surface area contributed by atoms with Crippen LogP contribution in [0.25, 0.3) is 0 Å². The Kier molecular flexibility index (Phi) is 6.80. The predicted molar refractivity (Wildman–Crippen MR) is 105 cm³/mol. The highest BCUT2D eigenvalue weighted by atomic mass is 32.2. The maximum absolute atomic E-state index is 12.9. The van der Waals surface area contributed by atoms with Crippen molar-refractivity contribution in [3.63, 3.8) is 0 Å². The zero-order valence-corrected chi connectivity index (χ0v) is 17.0. The molecule has 0 radical (unpaired) electrons. The Hall–Kier alpha value is -1.90. The lowest BCUT2D eigenvalue weighted by Crippen LogP contribution is -2.31. The molecule has 0 fully saturated rings. The molecule has 2 aromatic rings. The van der Waals surface area contributed by atoms with Crippen molar-refractivity contribution in [1.29, 1.82) is 0 Å². The fourth-order valence-corrected chi connectivity index (χ4v) is 4.99. The third-order valence-corrected chi connectivity index (χ3v) is 6.98. The predicted octanol–water partition coefficient (Wildman–Crippen LogP) is 3.74. The molecular weight excluding hydrogens is 372 g/mol. The molecule has 0 spiro atoms. The van der Waals surface area contributed by atoms with Crippen LogP contribution < -0.4 is 10.1 Å². The quantitative estimate of drug-likeness (QED) is 0.737. The molecule has 0 aliphatic heterocycles. The molecule has 26 heavy (non-hydrogen) atoms. The molecule has 8 heteroatoms. The van der Waals surface area contributed by atoms with Crippen molar-refractivity contribution >= 4 is 33.0 Å². The minimum absolute atomic E-state index is 0.0590. The largest absolute Gasteiger partial charge is 0.492 e. The van der Waals surface area contributed by atoms with E-state index in [0.29, 0.717) is 30.3 Å². The zero-order valence-electron chi connectivity index (χ0n) is 15.4. The van der Waals surface area contributed by atoms with Crippen LogP contribution in [0.2, 0.25) is 0 Å². The van der Waals surface area contributed by atoms with Gasteiger partial charge in [-0.25, -0.2) is 8.42 Å². The smallest absolute Gasteiger partial charge is 0.265 e. The van der Waals surface area contributed by atoms with Gasteiger partial charge in [0.25, 0.3) is 5.91 Å². The fraction of sp³-hybridized carbons (Fsp3) is 0.389. The summed E-state index contributed by atoms with van der Waals surface area (Å²) in [7, 11) is -3.71. The average Bonchev–Trinajstić information content (AvgIpc) is 3.03. The first kappa shape index (κ1) is 20.4. The zero-order chi connectivity index (χ0) is 19.3. The van der Waals surface area contributed by atoms with E-state index in [4.69, 9.17) is 4.74 Å². The third-order valence-electron chi connectivity index (χ3n) is 3.89. The van der Waals surface area contributed by atoms with E-state index in [1.54, 1.807) is 32.9 Å². The SMILES string of the molecule is CCOc1ccc(NC(=O)c2sccc2C)cc1S(=O)(=O)N(CC)CC. The monoisotopic (exact) mass is 396 g/mol. The van der Waals surface area contributed by atoms with E-state index in [1.807, 2.05) is 18.4 Å². The lowest BCUT2D eigenvalue weighted by molar-refractivity contribution is 0.103. The summed E-state index contributed by atoms with van der Waals surface area (Å²) >= 11 is 1.35. The minimum Gasteiger partial charge on any atom is -0.492 e. The van der Waals surface area contributed by atoms with E-state index < -0.39 is 10.0 Å². The van der Waals surface area contributed by atoms with Crippen molar-refractivity contribution in [3.05, 3.63) is 40.1 Å². The van der Waals surface area contributed by atoms with Gasteiger partial charge in [-0.15, -0.1) is 11.3 Å². The molecule has 1 amide bonds. The number of benzene rings is 1. The van der Waals surface area contributed by atoms with Crippen molar-refractivity contribution in [2.24, 2.45) is 0 Å². The molecule has 142 valence electrons. The molecule has 0 atom stereocenters. The summed E-state index contributed by atoms with van der Waals surface area (Å²) in [5.74, 6) is 0.0255. The number of nitrogens with one attached hydrogen (secondary N) is 1. The first-order valence-corrected chi connectivity index (χ1v) is 10.8. The number of rotatable bonds is 8. The summed E-state index contributed by atoms with van der Waals surface area (Å²) in [5, 5.41) is 4.62. The molecule has 0 saturated heterocycles. The van der Waals surface area contributed by atoms with Gasteiger partial charge in [0.1, 0.15) is 10.6 Å². The van der Waals surface area contributed by atoms with Gasteiger partial charge in [-0.05, 0) is 49.1 Å². The summed E-state index contributed by atoms with van der Waals surface area (Å²) in [6, 6.07) is 6.55. The Balaban J connectivity index is 2.42. The average molecular weight is 397 g/mol. The molecule has 6 nitrogen and oxygen atoms in total. The van der Waals surface area contributed by atoms with Crippen LogP contribution in [0.15, 0.2) is 34.5 Å². The van der Waals surface area contributed by atoms with E-state index in [0.717, 1.165) is 5.56 Å². The lowest BCUT2D eigenvalue weighted by Gasteiger charge is -2.21. The van der Waals surface area contributed by atoms with Crippen molar-refractivity contribution in [1.82, 2.24) is 4.31 Å².